The fourth-order valence-electron chi connectivity index (χ4n) is 0.849. The molecule has 0 heterocycles. The van der Waals surface area contributed by atoms with Crippen molar-refractivity contribution < 1.29 is 23.1 Å². The first-order chi connectivity index (χ1) is 7.11. The highest BCUT2D eigenvalue weighted by Crippen LogP contribution is 2.25. The first-order valence-electron chi connectivity index (χ1n) is 4.77. The molecule has 0 rings (SSSR count). The molecule has 0 amide bonds. The van der Waals surface area contributed by atoms with Crippen molar-refractivity contribution in [3.63, 3.8) is 0 Å². The van der Waals surface area contributed by atoms with Crippen molar-refractivity contribution in [2.45, 2.75) is 39.5 Å². The molecule has 0 aliphatic carbocycles. The van der Waals surface area contributed by atoms with Gasteiger partial charge in [0.05, 0.1) is 0 Å². The van der Waals surface area contributed by atoms with E-state index in [1.165, 1.54) is 0 Å². The standard InChI is InChI=1S/C9H17F3N2O2/c1-6(9(10,11)12)16-5-4-8(2,3)7(13)14-15/h6,15H,4-5H2,1-3H3,(H2,13,14). The largest absolute Gasteiger partial charge is 0.414 e. The Morgan fingerprint density at radius 1 is 1.44 bits per heavy atom. The lowest BCUT2D eigenvalue weighted by Crippen LogP contribution is -2.35. The minimum atomic E-state index is -4.36. The van der Waals surface area contributed by atoms with Gasteiger partial charge in [-0.25, -0.2) is 0 Å². The molecule has 7 heteroatoms. The molecule has 0 radical (unpaired) electrons. The van der Waals surface area contributed by atoms with Gasteiger partial charge in [-0.1, -0.05) is 19.0 Å². The lowest BCUT2D eigenvalue weighted by atomic mass is 9.88. The van der Waals surface area contributed by atoms with Crippen LogP contribution < -0.4 is 5.73 Å². The molecule has 0 aromatic carbocycles. The Morgan fingerprint density at radius 3 is 2.31 bits per heavy atom. The van der Waals surface area contributed by atoms with Crippen LogP contribution in [0.2, 0.25) is 0 Å². The van der Waals surface area contributed by atoms with E-state index in [1.807, 2.05) is 0 Å². The fourth-order valence-corrected chi connectivity index (χ4v) is 0.849. The average Bonchev–Trinajstić information content (AvgIpc) is 2.14. The first kappa shape index (κ1) is 15.0. The maximum absolute atomic E-state index is 12.1. The number of halogens is 3. The molecule has 4 nitrogen and oxygen atoms in total. The molecule has 0 fully saturated rings. The zero-order chi connectivity index (χ0) is 13.0. The summed E-state index contributed by atoms with van der Waals surface area (Å²) in [6.07, 6.45) is -5.93. The summed E-state index contributed by atoms with van der Waals surface area (Å²) in [6.45, 7) is 4.15. The van der Waals surface area contributed by atoms with E-state index < -0.39 is 17.7 Å². The van der Waals surface area contributed by atoms with Gasteiger partial charge in [-0.05, 0) is 13.3 Å². The summed E-state index contributed by atoms with van der Waals surface area (Å²) in [7, 11) is 0. The number of ether oxygens (including phenoxy) is 1. The van der Waals surface area contributed by atoms with Gasteiger partial charge in [0.1, 0.15) is 5.84 Å². The molecule has 1 unspecified atom stereocenters. The van der Waals surface area contributed by atoms with Crippen LogP contribution in [0.25, 0.3) is 0 Å². The third-order valence-electron chi connectivity index (χ3n) is 2.36. The molecule has 0 aliphatic heterocycles. The number of nitrogens with two attached hydrogens (primary N) is 1. The number of rotatable bonds is 5. The van der Waals surface area contributed by atoms with Crippen LogP contribution in [0.3, 0.4) is 0 Å². The van der Waals surface area contributed by atoms with E-state index >= 15 is 0 Å². The van der Waals surface area contributed by atoms with E-state index in [0.717, 1.165) is 6.92 Å². The predicted molar refractivity (Wildman–Crippen MR) is 53.3 cm³/mol. The van der Waals surface area contributed by atoms with Gasteiger partial charge in [-0.15, -0.1) is 0 Å². The van der Waals surface area contributed by atoms with E-state index in [0.29, 0.717) is 0 Å². The van der Waals surface area contributed by atoms with Crippen molar-refractivity contribution in [2.24, 2.45) is 16.3 Å². The van der Waals surface area contributed by atoms with Crippen LogP contribution in [0.15, 0.2) is 5.16 Å². The highest BCUT2D eigenvalue weighted by molar-refractivity contribution is 5.85. The Bertz CT molecular complexity index is 252. The maximum atomic E-state index is 12.1. The van der Waals surface area contributed by atoms with Crippen LogP contribution in [0, 0.1) is 5.41 Å². The van der Waals surface area contributed by atoms with E-state index in [2.05, 4.69) is 9.89 Å². The molecule has 1 atom stereocenters. The average molecular weight is 242 g/mol. The second kappa shape index (κ2) is 5.38. The molecule has 3 N–H and O–H groups in total. The molecule has 0 aromatic rings. The van der Waals surface area contributed by atoms with Gasteiger partial charge in [0, 0.05) is 12.0 Å². The lowest BCUT2D eigenvalue weighted by Gasteiger charge is -2.24. The minimum absolute atomic E-state index is 0.0317. The smallest absolute Gasteiger partial charge is 0.409 e. The number of nitrogens with zero attached hydrogens (tertiary/aromatic N) is 1. The molecule has 0 saturated heterocycles. The van der Waals surface area contributed by atoms with Crippen LogP contribution in [0.1, 0.15) is 27.2 Å². The zero-order valence-corrected chi connectivity index (χ0v) is 9.51. The number of hydrogen-bond acceptors (Lipinski definition) is 3. The first-order valence-corrected chi connectivity index (χ1v) is 4.77. The molecular formula is C9H17F3N2O2. The SMILES string of the molecule is CC(OCCC(C)(C)C(N)=NO)C(F)(F)F. The summed E-state index contributed by atoms with van der Waals surface area (Å²) in [5.74, 6) is -0.0317. The van der Waals surface area contributed by atoms with Crippen molar-refractivity contribution in [3.05, 3.63) is 0 Å². The normalized spacial score (nSPS) is 16.2. The Morgan fingerprint density at radius 2 is 1.94 bits per heavy atom. The Kier molecular flexibility index (Phi) is 5.05. The molecule has 0 spiro atoms. The molecule has 96 valence electrons. The van der Waals surface area contributed by atoms with Crippen molar-refractivity contribution in [1.29, 1.82) is 0 Å². The van der Waals surface area contributed by atoms with Gasteiger partial charge in [-0.3, -0.25) is 0 Å². The number of oxime groups is 1. The van der Waals surface area contributed by atoms with Crippen LogP contribution in [-0.2, 0) is 4.74 Å². The summed E-state index contributed by atoms with van der Waals surface area (Å²) >= 11 is 0. The summed E-state index contributed by atoms with van der Waals surface area (Å²) in [5, 5.41) is 11.3. The van der Waals surface area contributed by atoms with E-state index in [9.17, 15) is 13.2 Å². The summed E-state index contributed by atoms with van der Waals surface area (Å²) in [4.78, 5) is 0. The molecule has 0 aromatic heterocycles. The zero-order valence-electron chi connectivity index (χ0n) is 9.51. The van der Waals surface area contributed by atoms with Gasteiger partial charge in [0.2, 0.25) is 0 Å². The van der Waals surface area contributed by atoms with E-state index in [-0.39, 0.29) is 18.9 Å². The quantitative estimate of drug-likeness (QED) is 0.336. The molecular weight excluding hydrogens is 225 g/mol. The van der Waals surface area contributed by atoms with Gasteiger partial charge in [0.25, 0.3) is 0 Å². The highest BCUT2D eigenvalue weighted by atomic mass is 19.4. The lowest BCUT2D eigenvalue weighted by molar-refractivity contribution is -0.215. The van der Waals surface area contributed by atoms with Crippen molar-refractivity contribution in [3.8, 4) is 0 Å². The Balaban J connectivity index is 4.09. The second-order valence-electron chi connectivity index (χ2n) is 4.17. The Hall–Kier alpha value is -0.980. The minimum Gasteiger partial charge on any atom is -0.409 e. The number of alkyl halides is 3. The third-order valence-corrected chi connectivity index (χ3v) is 2.36. The van der Waals surface area contributed by atoms with Crippen LogP contribution in [0.4, 0.5) is 13.2 Å². The highest BCUT2D eigenvalue weighted by Gasteiger charge is 2.37. The van der Waals surface area contributed by atoms with Crippen LogP contribution in [0.5, 0.6) is 0 Å². The topological polar surface area (TPSA) is 67.8 Å². The fraction of sp³-hybridized carbons (Fsp3) is 0.889. The second-order valence-corrected chi connectivity index (χ2v) is 4.17. The van der Waals surface area contributed by atoms with Gasteiger partial charge >= 0.3 is 6.18 Å². The van der Waals surface area contributed by atoms with Crippen molar-refractivity contribution >= 4 is 5.84 Å². The monoisotopic (exact) mass is 242 g/mol. The van der Waals surface area contributed by atoms with Gasteiger partial charge < -0.3 is 15.7 Å². The molecule has 0 bridgehead atoms. The summed E-state index contributed by atoms with van der Waals surface area (Å²) in [6, 6.07) is 0. The van der Waals surface area contributed by atoms with Crippen LogP contribution >= 0.6 is 0 Å². The molecule has 0 aliphatic rings. The molecule has 16 heavy (non-hydrogen) atoms. The van der Waals surface area contributed by atoms with E-state index in [1.54, 1.807) is 13.8 Å². The maximum Gasteiger partial charge on any atom is 0.414 e. The Labute approximate surface area is 92.3 Å². The van der Waals surface area contributed by atoms with Crippen molar-refractivity contribution in [1.82, 2.24) is 0 Å². The van der Waals surface area contributed by atoms with E-state index in [4.69, 9.17) is 10.9 Å². The van der Waals surface area contributed by atoms with Crippen LogP contribution in [-0.4, -0.2) is 29.9 Å². The summed E-state index contributed by atoms with van der Waals surface area (Å²) in [5.41, 5.74) is 4.68. The number of hydrogen-bond donors (Lipinski definition) is 2. The van der Waals surface area contributed by atoms with Gasteiger partial charge in [-0.2, -0.15) is 13.2 Å². The predicted octanol–water partition coefficient (Wildman–Crippen LogP) is 2.12. The summed E-state index contributed by atoms with van der Waals surface area (Å²) < 4.78 is 40.9. The third kappa shape index (κ3) is 4.69. The number of amidine groups is 1. The molecule has 0 saturated carbocycles. The van der Waals surface area contributed by atoms with Crippen molar-refractivity contribution in [2.75, 3.05) is 6.61 Å². The van der Waals surface area contributed by atoms with Gasteiger partial charge in [0.15, 0.2) is 6.10 Å².